The van der Waals surface area contributed by atoms with Crippen molar-refractivity contribution in [3.63, 3.8) is 0 Å². The normalized spacial score (nSPS) is 11.5. The number of thiazole rings is 1. The van der Waals surface area contributed by atoms with Gasteiger partial charge >= 0.3 is 0 Å². The smallest absolute Gasteiger partial charge is 0.196 e. The van der Waals surface area contributed by atoms with Crippen LogP contribution in [0.2, 0.25) is 0 Å². The molecule has 3 aromatic heterocycles. The lowest BCUT2D eigenvalue weighted by atomic mass is 10.3. The molecule has 0 saturated carbocycles. The Morgan fingerprint density at radius 2 is 2.21 bits per heavy atom. The fraction of sp³-hybridized carbons (Fsp3) is 0.385. The Morgan fingerprint density at radius 3 is 2.89 bits per heavy atom. The Hall–Kier alpha value is -1.66. The van der Waals surface area contributed by atoms with Crippen molar-refractivity contribution < 1.29 is 0 Å². The number of rotatable bonds is 4. The third kappa shape index (κ3) is 2.06. The molecule has 1 N–H and O–H groups in total. The average Bonchev–Trinajstić information content (AvgIpc) is 3.01. The van der Waals surface area contributed by atoms with Gasteiger partial charge in [-0.25, -0.2) is 4.68 Å². The largest absolute Gasteiger partial charge is 0.311 e. The molecular formula is C13H17N5S. The Kier molecular flexibility index (Phi) is 3.12. The molecule has 0 aliphatic heterocycles. The molecule has 3 aromatic rings. The molecule has 5 nitrogen and oxygen atoms in total. The molecule has 100 valence electrons. The quantitative estimate of drug-likeness (QED) is 0.795. The summed E-state index contributed by atoms with van der Waals surface area (Å²) in [6.45, 7) is 7.90. The lowest BCUT2D eigenvalue weighted by molar-refractivity contribution is 0.691. The molecule has 0 unspecified atom stereocenters. The highest BCUT2D eigenvalue weighted by Crippen LogP contribution is 2.21. The molecule has 0 aromatic carbocycles. The highest BCUT2D eigenvalue weighted by atomic mass is 32.1. The van der Waals surface area contributed by atoms with Crippen molar-refractivity contribution >= 4 is 16.3 Å². The van der Waals surface area contributed by atoms with Gasteiger partial charge in [-0.2, -0.15) is 10.1 Å². The summed E-state index contributed by atoms with van der Waals surface area (Å²) < 4.78 is 4.07. The number of fused-ring (bicyclic) bond motifs is 1. The number of aryl methyl sites for hydroxylation is 2. The second-order valence-electron chi connectivity index (χ2n) is 4.56. The van der Waals surface area contributed by atoms with Gasteiger partial charge in [0.25, 0.3) is 0 Å². The maximum absolute atomic E-state index is 4.71. The number of aromatic nitrogens is 4. The van der Waals surface area contributed by atoms with Crippen LogP contribution in [0.4, 0.5) is 0 Å². The molecule has 0 spiro atoms. The zero-order chi connectivity index (χ0) is 13.4. The van der Waals surface area contributed by atoms with Gasteiger partial charge in [0.15, 0.2) is 10.8 Å². The molecule has 3 heterocycles. The number of hydrogen-bond acceptors (Lipinski definition) is 4. The molecule has 6 heteroatoms. The topological polar surface area (TPSA) is 47.2 Å². The summed E-state index contributed by atoms with van der Waals surface area (Å²) in [6, 6.07) is 2.07. The number of hydrogen-bond donors (Lipinski definition) is 1. The van der Waals surface area contributed by atoms with E-state index in [9.17, 15) is 0 Å². The third-order valence-electron chi connectivity index (χ3n) is 3.09. The summed E-state index contributed by atoms with van der Waals surface area (Å²) in [5, 5.41) is 9.97. The Morgan fingerprint density at radius 1 is 1.37 bits per heavy atom. The van der Waals surface area contributed by atoms with Crippen LogP contribution in [-0.4, -0.2) is 25.7 Å². The molecule has 19 heavy (non-hydrogen) atoms. The number of nitrogens with zero attached hydrogens (tertiary/aromatic N) is 4. The molecule has 0 atom stereocenters. The van der Waals surface area contributed by atoms with Crippen molar-refractivity contribution in [1.29, 1.82) is 0 Å². The second kappa shape index (κ2) is 4.79. The van der Waals surface area contributed by atoms with Gasteiger partial charge in [-0.15, -0.1) is 11.3 Å². The first-order valence-electron chi connectivity index (χ1n) is 6.39. The molecule has 3 rings (SSSR count). The Balaban J connectivity index is 2.16. The van der Waals surface area contributed by atoms with Crippen molar-refractivity contribution in [2.45, 2.75) is 27.3 Å². The summed E-state index contributed by atoms with van der Waals surface area (Å²) in [5.41, 5.74) is 3.29. The Bertz CT molecular complexity index is 706. The molecule has 0 fully saturated rings. The fourth-order valence-corrected chi connectivity index (χ4v) is 2.97. The van der Waals surface area contributed by atoms with Gasteiger partial charge in [0.2, 0.25) is 0 Å². The maximum atomic E-state index is 4.71. The number of nitrogens with one attached hydrogen (secondary N) is 1. The van der Waals surface area contributed by atoms with E-state index >= 15 is 0 Å². The minimum Gasteiger partial charge on any atom is -0.311 e. The van der Waals surface area contributed by atoms with Crippen molar-refractivity contribution in [3.05, 3.63) is 34.7 Å². The van der Waals surface area contributed by atoms with Crippen LogP contribution in [0.5, 0.6) is 0 Å². The van der Waals surface area contributed by atoms with E-state index in [1.54, 1.807) is 11.3 Å². The summed E-state index contributed by atoms with van der Waals surface area (Å²) in [7, 11) is 0. The number of imidazole rings is 1. The molecule has 0 radical (unpaired) electrons. The van der Waals surface area contributed by atoms with E-state index in [0.717, 1.165) is 41.0 Å². The first kappa shape index (κ1) is 12.4. The van der Waals surface area contributed by atoms with Crippen molar-refractivity contribution in [2.24, 2.45) is 0 Å². The minimum atomic E-state index is 0.794. The monoisotopic (exact) mass is 275 g/mol. The standard InChI is InChI=1S/C13H17N5S/c1-4-14-8-11-12(15-13-17(11)5-6-19-13)18-10(3)7-9(2)16-18/h5-7,14H,4,8H2,1-3H3. The highest BCUT2D eigenvalue weighted by Gasteiger charge is 2.16. The van der Waals surface area contributed by atoms with E-state index in [-0.39, 0.29) is 0 Å². The van der Waals surface area contributed by atoms with Gasteiger partial charge in [-0.3, -0.25) is 4.40 Å². The van der Waals surface area contributed by atoms with Crippen LogP contribution in [0.25, 0.3) is 10.8 Å². The highest BCUT2D eigenvalue weighted by molar-refractivity contribution is 7.15. The SMILES string of the molecule is CCNCc1c(-n2nc(C)cc2C)nc2sccn12. The van der Waals surface area contributed by atoms with E-state index in [2.05, 4.69) is 46.3 Å². The molecule has 0 amide bonds. The lowest BCUT2D eigenvalue weighted by Gasteiger charge is -2.06. The first-order valence-corrected chi connectivity index (χ1v) is 7.27. The zero-order valence-electron chi connectivity index (χ0n) is 11.3. The minimum absolute atomic E-state index is 0.794. The van der Waals surface area contributed by atoms with Crippen LogP contribution < -0.4 is 5.32 Å². The average molecular weight is 275 g/mol. The van der Waals surface area contributed by atoms with Crippen molar-refractivity contribution in [3.8, 4) is 5.82 Å². The molecule has 0 aliphatic rings. The summed E-state index contributed by atoms with van der Waals surface area (Å²) >= 11 is 1.65. The van der Waals surface area contributed by atoms with Gasteiger partial charge in [0.1, 0.15) is 0 Å². The second-order valence-corrected chi connectivity index (χ2v) is 5.43. The van der Waals surface area contributed by atoms with Crippen LogP contribution in [0.3, 0.4) is 0 Å². The predicted octanol–water partition coefficient (Wildman–Crippen LogP) is 2.31. The van der Waals surface area contributed by atoms with Crippen LogP contribution in [0.15, 0.2) is 17.6 Å². The fourth-order valence-electron chi connectivity index (χ4n) is 2.24. The van der Waals surface area contributed by atoms with Gasteiger partial charge in [0, 0.05) is 23.8 Å². The van der Waals surface area contributed by atoms with E-state index in [1.807, 2.05) is 11.6 Å². The molecular weight excluding hydrogens is 258 g/mol. The third-order valence-corrected chi connectivity index (χ3v) is 3.85. The summed E-state index contributed by atoms with van der Waals surface area (Å²) in [6.07, 6.45) is 2.06. The van der Waals surface area contributed by atoms with Gasteiger partial charge in [-0.1, -0.05) is 6.92 Å². The zero-order valence-corrected chi connectivity index (χ0v) is 12.2. The maximum Gasteiger partial charge on any atom is 0.196 e. The van der Waals surface area contributed by atoms with Crippen molar-refractivity contribution in [1.82, 2.24) is 24.5 Å². The van der Waals surface area contributed by atoms with Crippen LogP contribution in [0, 0.1) is 13.8 Å². The van der Waals surface area contributed by atoms with E-state index in [1.165, 1.54) is 0 Å². The van der Waals surface area contributed by atoms with Gasteiger partial charge in [0.05, 0.1) is 11.4 Å². The molecule has 0 saturated heterocycles. The van der Waals surface area contributed by atoms with E-state index in [0.29, 0.717) is 0 Å². The summed E-state index contributed by atoms with van der Waals surface area (Å²) in [5.74, 6) is 0.929. The van der Waals surface area contributed by atoms with Crippen molar-refractivity contribution in [2.75, 3.05) is 6.54 Å². The van der Waals surface area contributed by atoms with E-state index < -0.39 is 0 Å². The summed E-state index contributed by atoms with van der Waals surface area (Å²) in [4.78, 5) is 5.72. The Labute approximate surface area is 115 Å². The molecule has 0 bridgehead atoms. The predicted molar refractivity (Wildman–Crippen MR) is 77.0 cm³/mol. The first-order chi connectivity index (χ1) is 9.20. The van der Waals surface area contributed by atoms with Crippen LogP contribution in [0.1, 0.15) is 24.0 Å². The van der Waals surface area contributed by atoms with E-state index in [4.69, 9.17) is 4.98 Å². The van der Waals surface area contributed by atoms with Crippen LogP contribution in [-0.2, 0) is 6.54 Å². The van der Waals surface area contributed by atoms with Gasteiger partial charge in [-0.05, 0) is 26.5 Å². The molecule has 0 aliphatic carbocycles. The van der Waals surface area contributed by atoms with Crippen LogP contribution >= 0.6 is 11.3 Å². The lowest BCUT2D eigenvalue weighted by Crippen LogP contribution is -2.15. The van der Waals surface area contributed by atoms with Gasteiger partial charge < -0.3 is 5.32 Å².